The fourth-order valence-electron chi connectivity index (χ4n) is 2.21. The number of aliphatic hydroxyl groups excluding tert-OH is 1. The largest absolute Gasteiger partial charge is 0.391 e. The summed E-state index contributed by atoms with van der Waals surface area (Å²) in [5.41, 5.74) is -0.0836. The molecule has 8 nitrogen and oxygen atoms in total. The highest BCUT2D eigenvalue weighted by Gasteiger charge is 2.27. The van der Waals surface area contributed by atoms with Crippen LogP contribution in [0.1, 0.15) is 19.8 Å². The van der Waals surface area contributed by atoms with Gasteiger partial charge in [-0.15, -0.1) is 0 Å². The minimum atomic E-state index is -0.520. The number of hydrogen-bond donors (Lipinski definition) is 1. The summed E-state index contributed by atoms with van der Waals surface area (Å²) in [5.74, 6) is 0.155. The van der Waals surface area contributed by atoms with E-state index in [1.807, 2.05) is 6.92 Å². The van der Waals surface area contributed by atoms with Crippen LogP contribution in [-0.4, -0.2) is 49.8 Å². The van der Waals surface area contributed by atoms with Crippen LogP contribution < -0.4 is 0 Å². The average Bonchev–Trinajstić information content (AvgIpc) is 2.88. The second kappa shape index (κ2) is 6.00. The Balaban J connectivity index is 1.84. The smallest absolute Gasteiger partial charge is 0.306 e. The van der Waals surface area contributed by atoms with Gasteiger partial charge >= 0.3 is 5.69 Å². The van der Waals surface area contributed by atoms with Gasteiger partial charge in [0, 0.05) is 26.1 Å². The van der Waals surface area contributed by atoms with E-state index in [4.69, 9.17) is 0 Å². The van der Waals surface area contributed by atoms with Gasteiger partial charge in [0.15, 0.2) is 0 Å². The highest BCUT2D eigenvalue weighted by molar-refractivity contribution is 5.76. The number of aromatic nitrogens is 2. The van der Waals surface area contributed by atoms with Gasteiger partial charge in [0.25, 0.3) is 0 Å². The molecule has 2 unspecified atom stereocenters. The van der Waals surface area contributed by atoms with Gasteiger partial charge in [0.05, 0.1) is 11.0 Å². The molecular formula is C12H18N4O4. The van der Waals surface area contributed by atoms with Crippen molar-refractivity contribution in [2.75, 3.05) is 13.1 Å². The van der Waals surface area contributed by atoms with Crippen molar-refractivity contribution < 1.29 is 14.8 Å². The summed E-state index contributed by atoms with van der Waals surface area (Å²) in [6.07, 6.45) is 3.01. The summed E-state index contributed by atoms with van der Waals surface area (Å²) in [6, 6.07) is 0. The van der Waals surface area contributed by atoms with Crippen LogP contribution in [0.15, 0.2) is 12.4 Å². The van der Waals surface area contributed by atoms with Crippen molar-refractivity contribution in [3.63, 3.8) is 0 Å². The van der Waals surface area contributed by atoms with Gasteiger partial charge in [-0.1, -0.05) is 6.92 Å². The summed E-state index contributed by atoms with van der Waals surface area (Å²) in [4.78, 5) is 23.6. The lowest BCUT2D eigenvalue weighted by Gasteiger charge is -2.34. The summed E-state index contributed by atoms with van der Waals surface area (Å²) >= 11 is 0. The molecule has 0 aromatic carbocycles. The molecular weight excluding hydrogens is 264 g/mol. The quantitative estimate of drug-likeness (QED) is 0.636. The summed E-state index contributed by atoms with van der Waals surface area (Å²) in [6.45, 7) is 3.28. The molecule has 2 atom stereocenters. The zero-order valence-electron chi connectivity index (χ0n) is 11.3. The van der Waals surface area contributed by atoms with E-state index in [0.717, 1.165) is 12.6 Å². The lowest BCUT2D eigenvalue weighted by atomic mass is 9.96. The van der Waals surface area contributed by atoms with Crippen molar-refractivity contribution in [3.8, 4) is 0 Å². The van der Waals surface area contributed by atoms with E-state index in [1.165, 1.54) is 10.9 Å². The molecule has 1 saturated heterocycles. The third-order valence-corrected chi connectivity index (χ3v) is 3.66. The first-order valence-electron chi connectivity index (χ1n) is 6.60. The Morgan fingerprint density at radius 2 is 2.40 bits per heavy atom. The number of piperidine rings is 1. The second-order valence-electron chi connectivity index (χ2n) is 5.14. The average molecular weight is 282 g/mol. The van der Waals surface area contributed by atoms with Crippen molar-refractivity contribution in [3.05, 3.63) is 22.5 Å². The van der Waals surface area contributed by atoms with E-state index in [2.05, 4.69) is 5.10 Å². The number of nitrogens with zero attached hydrogens (tertiary/aromatic N) is 4. The maximum atomic E-state index is 12.0. The van der Waals surface area contributed by atoms with Crippen molar-refractivity contribution in [1.82, 2.24) is 14.7 Å². The molecule has 1 aromatic heterocycles. The zero-order chi connectivity index (χ0) is 14.7. The SMILES string of the molecule is CC1CCN(C(=O)CCn2cc([N+](=O)[O-])cn2)CC1O. The Morgan fingerprint density at radius 3 is 3.00 bits per heavy atom. The fourth-order valence-corrected chi connectivity index (χ4v) is 2.21. The van der Waals surface area contributed by atoms with Gasteiger partial charge in [0.1, 0.15) is 12.4 Å². The molecule has 1 aliphatic rings. The monoisotopic (exact) mass is 282 g/mol. The van der Waals surface area contributed by atoms with E-state index in [-0.39, 0.29) is 23.9 Å². The number of hydrogen-bond acceptors (Lipinski definition) is 5. The first kappa shape index (κ1) is 14.4. The van der Waals surface area contributed by atoms with E-state index < -0.39 is 11.0 Å². The topological polar surface area (TPSA) is 102 Å². The maximum Gasteiger partial charge on any atom is 0.306 e. The predicted molar refractivity (Wildman–Crippen MR) is 69.9 cm³/mol. The van der Waals surface area contributed by atoms with Crippen LogP contribution in [0.25, 0.3) is 0 Å². The molecule has 2 rings (SSSR count). The van der Waals surface area contributed by atoms with Gasteiger partial charge in [-0.05, 0) is 12.3 Å². The molecule has 0 aliphatic carbocycles. The molecule has 20 heavy (non-hydrogen) atoms. The standard InChI is InChI=1S/C12H18N4O4/c1-9-2-4-14(8-11(9)17)12(18)3-5-15-7-10(6-13-15)16(19)20/h6-7,9,11,17H,2-5,8H2,1H3. The molecule has 0 radical (unpaired) electrons. The van der Waals surface area contributed by atoms with Gasteiger partial charge in [-0.2, -0.15) is 5.10 Å². The van der Waals surface area contributed by atoms with E-state index >= 15 is 0 Å². The van der Waals surface area contributed by atoms with E-state index in [1.54, 1.807) is 4.90 Å². The Hall–Kier alpha value is -1.96. The highest BCUT2D eigenvalue weighted by Crippen LogP contribution is 2.17. The molecule has 1 N–H and O–H groups in total. The first-order valence-corrected chi connectivity index (χ1v) is 6.60. The number of aryl methyl sites for hydroxylation is 1. The van der Waals surface area contributed by atoms with Gasteiger partial charge < -0.3 is 10.0 Å². The molecule has 1 fully saturated rings. The van der Waals surface area contributed by atoms with Gasteiger partial charge in [-0.3, -0.25) is 19.6 Å². The number of nitro groups is 1. The number of carbonyl (C=O) groups is 1. The van der Waals surface area contributed by atoms with Crippen molar-refractivity contribution >= 4 is 11.6 Å². The van der Waals surface area contributed by atoms with Crippen LogP contribution in [0.4, 0.5) is 5.69 Å². The van der Waals surface area contributed by atoms with Crippen molar-refractivity contribution in [2.45, 2.75) is 32.4 Å². The van der Waals surface area contributed by atoms with Crippen LogP contribution in [0, 0.1) is 16.0 Å². The fraction of sp³-hybridized carbons (Fsp3) is 0.667. The zero-order valence-corrected chi connectivity index (χ0v) is 11.3. The van der Waals surface area contributed by atoms with Crippen LogP contribution in [-0.2, 0) is 11.3 Å². The Kier molecular flexibility index (Phi) is 4.33. The van der Waals surface area contributed by atoms with Crippen molar-refractivity contribution in [2.24, 2.45) is 5.92 Å². The van der Waals surface area contributed by atoms with Gasteiger partial charge in [-0.25, -0.2) is 0 Å². The molecule has 0 saturated carbocycles. The lowest BCUT2D eigenvalue weighted by Crippen LogP contribution is -2.46. The minimum absolute atomic E-state index is 0.0610. The number of β-amino-alcohol motifs (C(OH)–C–C–N with tert-alkyl or cyclic N) is 1. The minimum Gasteiger partial charge on any atom is -0.391 e. The maximum absolute atomic E-state index is 12.0. The first-order chi connectivity index (χ1) is 9.47. The molecule has 0 spiro atoms. The number of amides is 1. The molecule has 2 heterocycles. The summed E-state index contributed by atoms with van der Waals surface area (Å²) in [7, 11) is 0. The molecule has 8 heteroatoms. The molecule has 1 amide bonds. The van der Waals surface area contributed by atoms with Crippen LogP contribution >= 0.6 is 0 Å². The Bertz CT molecular complexity index is 501. The van der Waals surface area contributed by atoms with E-state index in [0.29, 0.717) is 19.6 Å². The third-order valence-electron chi connectivity index (χ3n) is 3.66. The van der Waals surface area contributed by atoms with Crippen LogP contribution in [0.5, 0.6) is 0 Å². The van der Waals surface area contributed by atoms with Crippen molar-refractivity contribution in [1.29, 1.82) is 0 Å². The Morgan fingerprint density at radius 1 is 1.65 bits per heavy atom. The Labute approximate surface area is 116 Å². The lowest BCUT2D eigenvalue weighted by molar-refractivity contribution is -0.385. The van der Waals surface area contributed by atoms with E-state index in [9.17, 15) is 20.0 Å². The van der Waals surface area contributed by atoms with Gasteiger partial charge in [0.2, 0.25) is 5.91 Å². The molecule has 1 aromatic rings. The summed E-state index contributed by atoms with van der Waals surface area (Å²) < 4.78 is 1.39. The van der Waals surface area contributed by atoms with Crippen LogP contribution in [0.2, 0.25) is 0 Å². The molecule has 1 aliphatic heterocycles. The van der Waals surface area contributed by atoms with Crippen LogP contribution in [0.3, 0.4) is 0 Å². The molecule has 110 valence electrons. The number of carbonyl (C=O) groups excluding carboxylic acids is 1. The highest BCUT2D eigenvalue weighted by atomic mass is 16.6. The number of aliphatic hydroxyl groups is 1. The second-order valence-corrected chi connectivity index (χ2v) is 5.14. The molecule has 0 bridgehead atoms. The predicted octanol–water partition coefficient (Wildman–Crippen LogP) is 0.411. The normalized spacial score (nSPS) is 22.8. The number of rotatable bonds is 4. The number of likely N-dealkylation sites (tertiary alicyclic amines) is 1. The third kappa shape index (κ3) is 3.32. The summed E-state index contributed by atoms with van der Waals surface area (Å²) in [5, 5.41) is 24.1.